The molecule has 1 saturated heterocycles. The molecule has 0 amide bonds. The van der Waals surface area contributed by atoms with Gasteiger partial charge >= 0.3 is 0 Å². The van der Waals surface area contributed by atoms with Crippen molar-refractivity contribution in [3.8, 4) is 0 Å². The van der Waals surface area contributed by atoms with E-state index in [1.54, 1.807) is 6.33 Å². The molecular weight excluding hydrogens is 440 g/mol. The first-order valence-electron chi connectivity index (χ1n) is 8.99. The molecule has 1 aromatic heterocycles. The zero-order chi connectivity index (χ0) is 19.5. The van der Waals surface area contributed by atoms with E-state index in [9.17, 15) is 0 Å². The van der Waals surface area contributed by atoms with Crippen LogP contribution in [0.3, 0.4) is 0 Å². The second kappa shape index (κ2) is 8.24. The fraction of sp³-hybridized carbons (Fsp3) is 0.200. The number of halogens is 2. The summed E-state index contributed by atoms with van der Waals surface area (Å²) in [5, 5.41) is 4.04. The van der Waals surface area contributed by atoms with Gasteiger partial charge in [0.2, 0.25) is 0 Å². The number of nitrogens with one attached hydrogen (secondary N) is 1. The highest BCUT2D eigenvalue weighted by atomic mass is 79.9. The molecule has 0 spiro atoms. The van der Waals surface area contributed by atoms with Crippen molar-refractivity contribution in [2.24, 2.45) is 0 Å². The topological polar surface area (TPSA) is 70.3 Å². The Hall–Kier alpha value is -2.51. The Morgan fingerprint density at radius 2 is 1.71 bits per heavy atom. The summed E-state index contributed by atoms with van der Waals surface area (Å²) in [6.07, 6.45) is 1.55. The van der Waals surface area contributed by atoms with Crippen LogP contribution in [0.15, 0.2) is 59.3 Å². The number of nitrogens with two attached hydrogens (primary N) is 1. The van der Waals surface area contributed by atoms with Gasteiger partial charge in [0.05, 0.1) is 5.69 Å². The number of benzene rings is 2. The molecule has 28 heavy (non-hydrogen) atoms. The molecule has 1 aliphatic heterocycles. The number of para-hydroxylation sites is 1. The summed E-state index contributed by atoms with van der Waals surface area (Å²) in [6, 6.07) is 15.8. The standard InChI is InChI=1S/C20H20BrClN6/c21-16-6-1-2-7-17(16)26-19-18(23)20(25-13-24-19)28-10-8-27(9-11-28)15-5-3-4-14(22)12-15/h1-7,12-13H,8-11,23H2,(H,24,25,26). The Labute approximate surface area is 177 Å². The number of anilines is 5. The molecule has 144 valence electrons. The minimum atomic E-state index is 0.550. The van der Waals surface area contributed by atoms with Crippen molar-refractivity contribution in [2.45, 2.75) is 0 Å². The summed E-state index contributed by atoms with van der Waals surface area (Å²) < 4.78 is 0.949. The lowest BCUT2D eigenvalue weighted by atomic mass is 10.2. The number of rotatable bonds is 4. The van der Waals surface area contributed by atoms with E-state index >= 15 is 0 Å². The van der Waals surface area contributed by atoms with E-state index in [2.05, 4.69) is 47.1 Å². The summed E-state index contributed by atoms with van der Waals surface area (Å²) in [5.41, 5.74) is 9.00. The highest BCUT2D eigenvalue weighted by Gasteiger charge is 2.21. The largest absolute Gasteiger partial charge is 0.393 e. The van der Waals surface area contributed by atoms with Crippen molar-refractivity contribution in [1.29, 1.82) is 0 Å². The van der Waals surface area contributed by atoms with Gasteiger partial charge in [0.1, 0.15) is 12.0 Å². The maximum Gasteiger partial charge on any atom is 0.159 e. The molecule has 0 aliphatic carbocycles. The molecule has 2 aromatic carbocycles. The molecule has 4 rings (SSSR count). The summed E-state index contributed by atoms with van der Waals surface area (Å²) >= 11 is 9.66. The summed E-state index contributed by atoms with van der Waals surface area (Å²) in [4.78, 5) is 13.3. The van der Waals surface area contributed by atoms with Crippen LogP contribution >= 0.6 is 27.5 Å². The van der Waals surface area contributed by atoms with Crippen molar-refractivity contribution in [1.82, 2.24) is 9.97 Å². The van der Waals surface area contributed by atoms with Gasteiger partial charge in [0.15, 0.2) is 11.6 Å². The van der Waals surface area contributed by atoms with Gasteiger partial charge in [-0.2, -0.15) is 0 Å². The average molecular weight is 460 g/mol. The molecule has 0 saturated carbocycles. The molecule has 8 heteroatoms. The highest BCUT2D eigenvalue weighted by Crippen LogP contribution is 2.32. The van der Waals surface area contributed by atoms with E-state index in [0.717, 1.165) is 52.9 Å². The van der Waals surface area contributed by atoms with E-state index in [-0.39, 0.29) is 0 Å². The van der Waals surface area contributed by atoms with Gasteiger partial charge in [0.25, 0.3) is 0 Å². The molecule has 2 heterocycles. The van der Waals surface area contributed by atoms with Gasteiger partial charge in [-0.15, -0.1) is 0 Å². The number of nitrogen functional groups attached to an aromatic ring is 1. The number of aromatic nitrogens is 2. The van der Waals surface area contributed by atoms with Crippen molar-refractivity contribution in [2.75, 3.05) is 47.0 Å². The van der Waals surface area contributed by atoms with Crippen LogP contribution < -0.4 is 20.9 Å². The minimum Gasteiger partial charge on any atom is -0.393 e. The van der Waals surface area contributed by atoms with Gasteiger partial charge in [-0.3, -0.25) is 0 Å². The van der Waals surface area contributed by atoms with E-state index in [4.69, 9.17) is 17.3 Å². The molecule has 0 unspecified atom stereocenters. The van der Waals surface area contributed by atoms with Crippen molar-refractivity contribution in [3.05, 3.63) is 64.4 Å². The van der Waals surface area contributed by atoms with Crippen LogP contribution in [-0.2, 0) is 0 Å². The molecule has 1 fully saturated rings. The van der Waals surface area contributed by atoms with Crippen LogP contribution in [-0.4, -0.2) is 36.1 Å². The van der Waals surface area contributed by atoms with E-state index in [1.807, 2.05) is 42.5 Å². The summed E-state index contributed by atoms with van der Waals surface area (Å²) in [6.45, 7) is 3.39. The molecule has 0 radical (unpaired) electrons. The molecule has 0 bridgehead atoms. The second-order valence-electron chi connectivity index (χ2n) is 6.52. The Bertz CT molecular complexity index is 974. The molecule has 6 nitrogen and oxygen atoms in total. The number of nitrogens with zero attached hydrogens (tertiary/aromatic N) is 4. The summed E-state index contributed by atoms with van der Waals surface area (Å²) in [7, 11) is 0. The lowest BCUT2D eigenvalue weighted by molar-refractivity contribution is 0.647. The minimum absolute atomic E-state index is 0.550. The van der Waals surface area contributed by atoms with Crippen molar-refractivity contribution >= 4 is 56.2 Å². The van der Waals surface area contributed by atoms with Crippen LogP contribution in [0, 0.1) is 0 Å². The highest BCUT2D eigenvalue weighted by molar-refractivity contribution is 9.10. The van der Waals surface area contributed by atoms with E-state index in [0.29, 0.717) is 11.5 Å². The third-order valence-electron chi connectivity index (χ3n) is 4.74. The van der Waals surface area contributed by atoms with Gasteiger partial charge in [-0.05, 0) is 46.3 Å². The first kappa shape index (κ1) is 18.8. The van der Waals surface area contributed by atoms with Crippen molar-refractivity contribution < 1.29 is 0 Å². The maximum absolute atomic E-state index is 6.40. The quantitative estimate of drug-likeness (QED) is 0.597. The Morgan fingerprint density at radius 3 is 2.46 bits per heavy atom. The maximum atomic E-state index is 6.40. The fourth-order valence-electron chi connectivity index (χ4n) is 3.28. The van der Waals surface area contributed by atoms with E-state index < -0.39 is 0 Å². The lowest BCUT2D eigenvalue weighted by Gasteiger charge is -2.37. The normalized spacial score (nSPS) is 14.2. The van der Waals surface area contributed by atoms with Gasteiger partial charge < -0.3 is 20.9 Å². The predicted molar refractivity (Wildman–Crippen MR) is 120 cm³/mol. The van der Waals surface area contributed by atoms with E-state index in [1.165, 1.54) is 0 Å². The fourth-order valence-corrected chi connectivity index (χ4v) is 3.85. The molecule has 1 aliphatic rings. The van der Waals surface area contributed by atoms with Gasteiger partial charge in [-0.25, -0.2) is 9.97 Å². The SMILES string of the molecule is Nc1c(Nc2ccccc2Br)ncnc1N1CCN(c2cccc(Cl)c2)CC1. The number of hydrogen-bond acceptors (Lipinski definition) is 6. The van der Waals surface area contributed by atoms with Gasteiger partial charge in [-0.1, -0.05) is 29.8 Å². The van der Waals surface area contributed by atoms with Crippen LogP contribution in [0.4, 0.5) is 28.7 Å². The number of hydrogen-bond donors (Lipinski definition) is 2. The van der Waals surface area contributed by atoms with Crippen LogP contribution in [0.25, 0.3) is 0 Å². The first-order chi connectivity index (χ1) is 13.6. The first-order valence-corrected chi connectivity index (χ1v) is 10.2. The molecule has 3 N–H and O–H groups in total. The zero-order valence-corrected chi connectivity index (χ0v) is 17.5. The average Bonchev–Trinajstić information content (AvgIpc) is 2.71. The second-order valence-corrected chi connectivity index (χ2v) is 7.81. The number of piperazine rings is 1. The Kier molecular flexibility index (Phi) is 5.54. The molecule has 0 atom stereocenters. The molecular formula is C20H20BrClN6. The zero-order valence-electron chi connectivity index (χ0n) is 15.1. The van der Waals surface area contributed by atoms with Gasteiger partial charge in [0, 0.05) is 41.4 Å². The smallest absolute Gasteiger partial charge is 0.159 e. The predicted octanol–water partition coefficient (Wildman–Crippen LogP) is 4.54. The third-order valence-corrected chi connectivity index (χ3v) is 5.67. The Balaban J connectivity index is 1.49. The monoisotopic (exact) mass is 458 g/mol. The Morgan fingerprint density at radius 1 is 0.964 bits per heavy atom. The van der Waals surface area contributed by atoms with Crippen LogP contribution in [0.5, 0.6) is 0 Å². The van der Waals surface area contributed by atoms with Crippen molar-refractivity contribution in [3.63, 3.8) is 0 Å². The molecule has 3 aromatic rings. The van der Waals surface area contributed by atoms with Crippen LogP contribution in [0.2, 0.25) is 5.02 Å². The summed E-state index contributed by atoms with van der Waals surface area (Å²) in [5.74, 6) is 1.37. The lowest BCUT2D eigenvalue weighted by Crippen LogP contribution is -2.47. The third kappa shape index (κ3) is 4.00. The van der Waals surface area contributed by atoms with Crippen LogP contribution in [0.1, 0.15) is 0 Å².